The second kappa shape index (κ2) is 9.67. The molecule has 8 heteroatoms. The lowest BCUT2D eigenvalue weighted by Gasteiger charge is -2.32. The molecule has 7 nitrogen and oxygen atoms in total. The van der Waals surface area contributed by atoms with Gasteiger partial charge in [-0.15, -0.1) is 0 Å². The van der Waals surface area contributed by atoms with Crippen LogP contribution in [-0.4, -0.2) is 53.9 Å². The first-order valence-corrected chi connectivity index (χ1v) is 12.6. The smallest absolute Gasteiger partial charge is 0.253 e. The molecule has 1 aromatic heterocycles. The number of hydrogen-bond donors (Lipinski definition) is 1. The Morgan fingerprint density at radius 3 is 2.53 bits per heavy atom. The number of likely N-dealkylation sites (tertiary alicyclic amines) is 1. The third-order valence-electron chi connectivity index (χ3n) is 5.65. The highest BCUT2D eigenvalue weighted by molar-refractivity contribution is 7.89. The third kappa shape index (κ3) is 5.08. The Morgan fingerprint density at radius 2 is 1.81 bits per heavy atom. The molecular formula is C24H28N4O3S. The zero-order chi connectivity index (χ0) is 22.6. The first-order chi connectivity index (χ1) is 15.5. The molecule has 0 spiro atoms. The average molecular weight is 453 g/mol. The molecule has 1 N–H and O–H groups in total. The molecule has 2 aromatic carbocycles. The van der Waals surface area contributed by atoms with E-state index in [-0.39, 0.29) is 17.7 Å². The van der Waals surface area contributed by atoms with Crippen LogP contribution in [0.2, 0.25) is 0 Å². The Balaban J connectivity index is 1.46. The highest BCUT2D eigenvalue weighted by Crippen LogP contribution is 2.23. The number of sulfonamides is 1. The number of carbonyl (C=O) groups is 1. The van der Waals surface area contributed by atoms with Crippen LogP contribution in [0.15, 0.2) is 66.9 Å². The molecule has 0 radical (unpaired) electrons. The predicted octanol–water partition coefficient (Wildman–Crippen LogP) is 3.47. The van der Waals surface area contributed by atoms with Crippen LogP contribution in [0.3, 0.4) is 0 Å². The van der Waals surface area contributed by atoms with Crippen molar-refractivity contribution >= 4 is 15.9 Å². The first-order valence-electron chi connectivity index (χ1n) is 11.0. The predicted molar refractivity (Wildman–Crippen MR) is 125 cm³/mol. The Hall–Kier alpha value is -2.97. The molecule has 168 valence electrons. The van der Waals surface area contributed by atoms with Crippen molar-refractivity contribution in [1.82, 2.24) is 19.4 Å². The van der Waals surface area contributed by atoms with Gasteiger partial charge in [0.05, 0.1) is 23.3 Å². The molecule has 1 aliphatic rings. The van der Waals surface area contributed by atoms with Crippen molar-refractivity contribution in [2.24, 2.45) is 0 Å². The van der Waals surface area contributed by atoms with Crippen molar-refractivity contribution in [1.29, 1.82) is 0 Å². The number of rotatable bonds is 7. The molecule has 1 saturated heterocycles. The van der Waals surface area contributed by atoms with Crippen molar-refractivity contribution < 1.29 is 13.2 Å². The van der Waals surface area contributed by atoms with E-state index >= 15 is 0 Å². The van der Waals surface area contributed by atoms with Crippen LogP contribution in [0.25, 0.3) is 16.9 Å². The summed E-state index contributed by atoms with van der Waals surface area (Å²) >= 11 is 0. The number of nitrogens with one attached hydrogen (secondary N) is 1. The fourth-order valence-corrected chi connectivity index (χ4v) is 5.47. The second-order valence-corrected chi connectivity index (χ2v) is 9.92. The van der Waals surface area contributed by atoms with E-state index in [2.05, 4.69) is 9.82 Å². The number of aromatic nitrogens is 2. The highest BCUT2D eigenvalue weighted by Gasteiger charge is 2.26. The summed E-state index contributed by atoms with van der Waals surface area (Å²) < 4.78 is 28.6. The van der Waals surface area contributed by atoms with Crippen LogP contribution in [0.5, 0.6) is 0 Å². The number of amides is 1. The van der Waals surface area contributed by atoms with Crippen molar-refractivity contribution in [2.75, 3.05) is 18.8 Å². The van der Waals surface area contributed by atoms with E-state index in [9.17, 15) is 13.2 Å². The Kier molecular flexibility index (Phi) is 6.72. The topological polar surface area (TPSA) is 84.3 Å². The summed E-state index contributed by atoms with van der Waals surface area (Å²) in [6, 6.07) is 19.3. The molecule has 0 aliphatic carbocycles. The normalized spacial score (nSPS) is 15.1. The molecule has 32 heavy (non-hydrogen) atoms. The van der Waals surface area contributed by atoms with Crippen molar-refractivity contribution in [3.8, 4) is 16.9 Å². The highest BCUT2D eigenvalue weighted by atomic mass is 32.2. The van der Waals surface area contributed by atoms with Crippen molar-refractivity contribution in [3.05, 3.63) is 72.4 Å². The minimum atomic E-state index is -3.24. The molecule has 3 aromatic rings. The van der Waals surface area contributed by atoms with Crippen LogP contribution in [0.4, 0.5) is 0 Å². The summed E-state index contributed by atoms with van der Waals surface area (Å²) in [7, 11) is -3.24. The lowest BCUT2D eigenvalue weighted by Crippen LogP contribution is -2.47. The van der Waals surface area contributed by atoms with Gasteiger partial charge in [-0.2, -0.15) is 5.10 Å². The lowest BCUT2D eigenvalue weighted by molar-refractivity contribution is 0.0711. The van der Waals surface area contributed by atoms with E-state index < -0.39 is 10.0 Å². The first kappa shape index (κ1) is 22.2. The quantitative estimate of drug-likeness (QED) is 0.595. The standard InChI is InChI=1S/C24H28N4O3S/c1-2-17-32(30,31)26-21-12-15-27(16-13-21)24(29)20-9-6-10-22(18-20)28-23(11-14-25-28)19-7-4-3-5-8-19/h3-11,14,18,21,26H,2,12-13,15-17H2,1H3. The third-order valence-corrected chi connectivity index (χ3v) is 7.29. The molecule has 1 fully saturated rings. The van der Waals surface area contributed by atoms with Crippen LogP contribution in [0, 0.1) is 0 Å². The molecule has 4 rings (SSSR count). The molecule has 1 amide bonds. The van der Waals surface area contributed by atoms with E-state index in [0.717, 1.165) is 16.9 Å². The fraction of sp³-hybridized carbons (Fsp3) is 0.333. The molecular weight excluding hydrogens is 424 g/mol. The van der Waals surface area contributed by atoms with Gasteiger partial charge in [-0.3, -0.25) is 4.79 Å². The van der Waals surface area contributed by atoms with Crippen molar-refractivity contribution in [3.63, 3.8) is 0 Å². The van der Waals surface area contributed by atoms with Crippen LogP contribution in [-0.2, 0) is 10.0 Å². The summed E-state index contributed by atoms with van der Waals surface area (Å²) in [6.07, 6.45) is 3.57. The summed E-state index contributed by atoms with van der Waals surface area (Å²) in [6.45, 7) is 2.90. The maximum Gasteiger partial charge on any atom is 0.253 e. The van der Waals surface area contributed by atoms with Gasteiger partial charge in [0.15, 0.2) is 0 Å². The average Bonchev–Trinajstić information content (AvgIpc) is 3.29. The number of carbonyl (C=O) groups excluding carboxylic acids is 1. The zero-order valence-electron chi connectivity index (χ0n) is 18.1. The van der Waals surface area contributed by atoms with Gasteiger partial charge in [-0.25, -0.2) is 17.8 Å². The summed E-state index contributed by atoms with van der Waals surface area (Å²) in [5, 5.41) is 4.46. The van der Waals surface area contributed by atoms with Gasteiger partial charge in [0.1, 0.15) is 0 Å². The van der Waals surface area contributed by atoms with Gasteiger partial charge in [0, 0.05) is 30.3 Å². The van der Waals surface area contributed by atoms with Crippen LogP contribution >= 0.6 is 0 Å². The van der Waals surface area contributed by atoms with Gasteiger partial charge >= 0.3 is 0 Å². The number of nitrogens with zero attached hydrogens (tertiary/aromatic N) is 3. The second-order valence-electron chi connectivity index (χ2n) is 8.05. The molecule has 0 atom stereocenters. The monoisotopic (exact) mass is 452 g/mol. The Morgan fingerprint density at radius 1 is 1.06 bits per heavy atom. The van der Waals surface area contributed by atoms with E-state index in [1.807, 2.05) is 72.3 Å². The van der Waals surface area contributed by atoms with Gasteiger partial charge in [0.25, 0.3) is 5.91 Å². The number of piperidine rings is 1. The number of hydrogen-bond acceptors (Lipinski definition) is 4. The molecule has 0 bridgehead atoms. The van der Waals surface area contributed by atoms with Gasteiger partial charge in [-0.05, 0) is 43.5 Å². The van der Waals surface area contributed by atoms with E-state index in [1.165, 1.54) is 0 Å². The minimum absolute atomic E-state index is 0.0462. The molecule has 0 saturated carbocycles. The summed E-state index contributed by atoms with van der Waals surface area (Å²) in [5.41, 5.74) is 3.42. The van der Waals surface area contributed by atoms with E-state index in [4.69, 9.17) is 0 Å². The fourth-order valence-electron chi connectivity index (χ4n) is 4.07. The van der Waals surface area contributed by atoms with Gasteiger partial charge in [-0.1, -0.05) is 43.3 Å². The largest absolute Gasteiger partial charge is 0.339 e. The van der Waals surface area contributed by atoms with Crippen LogP contribution < -0.4 is 4.72 Å². The van der Waals surface area contributed by atoms with E-state index in [0.29, 0.717) is 37.9 Å². The Bertz CT molecular complexity index is 1170. The molecule has 1 aliphatic heterocycles. The summed E-state index contributed by atoms with van der Waals surface area (Å²) in [5.74, 6) is 0.0901. The Labute approximate surface area is 189 Å². The van der Waals surface area contributed by atoms with Crippen LogP contribution in [0.1, 0.15) is 36.5 Å². The molecule has 2 heterocycles. The maximum absolute atomic E-state index is 13.1. The minimum Gasteiger partial charge on any atom is -0.339 e. The molecule has 0 unspecified atom stereocenters. The van der Waals surface area contributed by atoms with Crippen molar-refractivity contribution in [2.45, 2.75) is 32.2 Å². The van der Waals surface area contributed by atoms with Gasteiger partial charge < -0.3 is 4.90 Å². The summed E-state index contributed by atoms with van der Waals surface area (Å²) in [4.78, 5) is 14.9. The van der Waals surface area contributed by atoms with E-state index in [1.54, 1.807) is 11.1 Å². The SMILES string of the molecule is CCCS(=O)(=O)NC1CCN(C(=O)c2cccc(-n3nccc3-c3ccccc3)c2)CC1. The maximum atomic E-state index is 13.1. The zero-order valence-corrected chi connectivity index (χ0v) is 19.0. The van der Waals surface area contributed by atoms with Gasteiger partial charge in [0.2, 0.25) is 10.0 Å². The number of benzene rings is 2. The lowest BCUT2D eigenvalue weighted by atomic mass is 10.0.